The van der Waals surface area contributed by atoms with Gasteiger partial charge in [-0.15, -0.1) is 0 Å². The number of likely N-dealkylation sites (N-methyl/N-ethyl adjacent to an activating group) is 1. The molecule has 0 radical (unpaired) electrons. The van der Waals surface area contributed by atoms with Crippen LogP contribution in [-0.2, 0) is 4.74 Å². The summed E-state index contributed by atoms with van der Waals surface area (Å²) in [7, 11) is 1.30. The highest BCUT2D eigenvalue weighted by molar-refractivity contribution is 6.07. The fraction of sp³-hybridized carbons (Fsp3) is 0.368. The number of carbonyl (C=O) groups excluding carboxylic acids is 2. The van der Waals surface area contributed by atoms with Crippen molar-refractivity contribution < 1.29 is 14.3 Å². The van der Waals surface area contributed by atoms with E-state index in [2.05, 4.69) is 32.0 Å². The lowest BCUT2D eigenvalue weighted by atomic mass is 10.1. The zero-order valence-corrected chi connectivity index (χ0v) is 15.5. The summed E-state index contributed by atoms with van der Waals surface area (Å²) in [6, 6.07) is 8.25. The van der Waals surface area contributed by atoms with E-state index in [1.54, 1.807) is 36.5 Å². The van der Waals surface area contributed by atoms with Crippen molar-refractivity contribution in [3.8, 4) is 0 Å². The number of hydrogen-bond donors (Lipinski definition) is 1. The van der Waals surface area contributed by atoms with Gasteiger partial charge in [0.05, 0.1) is 18.4 Å². The van der Waals surface area contributed by atoms with Crippen molar-refractivity contribution in [1.29, 1.82) is 0 Å². The van der Waals surface area contributed by atoms with Crippen molar-refractivity contribution in [2.24, 2.45) is 0 Å². The van der Waals surface area contributed by atoms with E-state index in [9.17, 15) is 9.59 Å². The summed E-state index contributed by atoms with van der Waals surface area (Å²) in [6.07, 6.45) is 1.58. The van der Waals surface area contributed by atoms with Crippen LogP contribution in [-0.4, -0.2) is 66.6 Å². The molecule has 8 nitrogen and oxygen atoms in total. The molecular formula is C19H23N5O3. The third-order valence-electron chi connectivity index (χ3n) is 4.56. The number of piperazine rings is 1. The van der Waals surface area contributed by atoms with Crippen LogP contribution >= 0.6 is 0 Å². The number of nitrogens with zero attached hydrogens (tertiary/aromatic N) is 4. The number of esters is 1. The summed E-state index contributed by atoms with van der Waals surface area (Å²) in [5.41, 5.74) is 0.918. The molecule has 0 aliphatic carbocycles. The zero-order chi connectivity index (χ0) is 19.2. The highest BCUT2D eigenvalue weighted by atomic mass is 16.5. The number of amides is 1. The van der Waals surface area contributed by atoms with Crippen LogP contribution in [0.2, 0.25) is 0 Å². The number of methoxy groups -OCH3 is 1. The van der Waals surface area contributed by atoms with Gasteiger partial charge < -0.3 is 19.9 Å². The third-order valence-corrected chi connectivity index (χ3v) is 4.56. The Kier molecular flexibility index (Phi) is 5.97. The van der Waals surface area contributed by atoms with E-state index < -0.39 is 11.9 Å². The second-order valence-electron chi connectivity index (χ2n) is 6.15. The fourth-order valence-electron chi connectivity index (χ4n) is 2.96. The van der Waals surface area contributed by atoms with Crippen molar-refractivity contribution in [3.05, 3.63) is 47.8 Å². The molecule has 1 N–H and O–H groups in total. The molecule has 8 heteroatoms. The molecule has 27 heavy (non-hydrogen) atoms. The molecule has 142 valence electrons. The molecule has 0 spiro atoms. The smallest absolute Gasteiger partial charge is 0.339 e. The number of ether oxygens (including phenoxy) is 1. The lowest BCUT2D eigenvalue weighted by Gasteiger charge is -2.34. The molecular weight excluding hydrogens is 346 g/mol. The molecule has 1 aliphatic rings. The maximum Gasteiger partial charge on any atom is 0.339 e. The maximum absolute atomic E-state index is 12.6. The molecule has 0 unspecified atom stereocenters. The van der Waals surface area contributed by atoms with E-state index in [-0.39, 0.29) is 5.69 Å². The highest BCUT2D eigenvalue weighted by Gasteiger charge is 2.20. The van der Waals surface area contributed by atoms with Gasteiger partial charge >= 0.3 is 5.97 Å². The summed E-state index contributed by atoms with van der Waals surface area (Å²) in [6.45, 7) is 6.71. The van der Waals surface area contributed by atoms with Gasteiger partial charge in [0.25, 0.3) is 5.91 Å². The van der Waals surface area contributed by atoms with Gasteiger partial charge in [-0.1, -0.05) is 19.1 Å². The third kappa shape index (κ3) is 4.40. The van der Waals surface area contributed by atoms with E-state index in [0.29, 0.717) is 17.2 Å². The SMILES string of the molecule is CCN1CCN(c2nccc(C(=O)Nc3ccccc3C(=O)OC)n2)CC1. The monoisotopic (exact) mass is 369 g/mol. The molecule has 1 saturated heterocycles. The Hall–Kier alpha value is -3.00. The quantitative estimate of drug-likeness (QED) is 0.802. The number of nitrogens with one attached hydrogen (secondary N) is 1. The van der Waals surface area contributed by atoms with Crippen molar-refractivity contribution in [3.63, 3.8) is 0 Å². The van der Waals surface area contributed by atoms with Crippen LogP contribution in [0, 0.1) is 0 Å². The van der Waals surface area contributed by atoms with Crippen molar-refractivity contribution in [1.82, 2.24) is 14.9 Å². The average molecular weight is 369 g/mol. The molecule has 1 amide bonds. The maximum atomic E-state index is 12.6. The molecule has 1 fully saturated rings. The van der Waals surface area contributed by atoms with Gasteiger partial charge in [0, 0.05) is 32.4 Å². The lowest BCUT2D eigenvalue weighted by molar-refractivity contribution is 0.0602. The van der Waals surface area contributed by atoms with Crippen LogP contribution in [0.4, 0.5) is 11.6 Å². The predicted octanol–water partition coefficient (Wildman–Crippen LogP) is 1.66. The number of aromatic nitrogens is 2. The summed E-state index contributed by atoms with van der Waals surface area (Å²) < 4.78 is 4.75. The second kappa shape index (κ2) is 8.59. The van der Waals surface area contributed by atoms with E-state index in [1.807, 2.05) is 0 Å². The van der Waals surface area contributed by atoms with Crippen LogP contribution < -0.4 is 10.2 Å². The normalized spacial score (nSPS) is 14.7. The van der Waals surface area contributed by atoms with Gasteiger partial charge in [0.15, 0.2) is 0 Å². The van der Waals surface area contributed by atoms with Gasteiger partial charge in [0.1, 0.15) is 5.69 Å². The summed E-state index contributed by atoms with van der Waals surface area (Å²) >= 11 is 0. The van der Waals surface area contributed by atoms with Crippen LogP contribution in [0.15, 0.2) is 36.5 Å². The van der Waals surface area contributed by atoms with E-state index in [1.165, 1.54) is 7.11 Å². The Balaban J connectivity index is 1.74. The Bertz CT molecular complexity index is 818. The molecule has 1 aliphatic heterocycles. The number of carbonyl (C=O) groups is 2. The van der Waals surface area contributed by atoms with E-state index >= 15 is 0 Å². The number of anilines is 2. The Morgan fingerprint density at radius 1 is 1.15 bits per heavy atom. The first kappa shape index (κ1) is 18.8. The largest absolute Gasteiger partial charge is 0.465 e. The molecule has 0 atom stereocenters. The Morgan fingerprint density at radius 2 is 1.89 bits per heavy atom. The number of rotatable bonds is 5. The van der Waals surface area contributed by atoms with E-state index in [0.717, 1.165) is 32.7 Å². The van der Waals surface area contributed by atoms with Gasteiger partial charge in [-0.2, -0.15) is 0 Å². The highest BCUT2D eigenvalue weighted by Crippen LogP contribution is 2.17. The Labute approximate surface area is 158 Å². The van der Waals surface area contributed by atoms with Crippen LogP contribution in [0.3, 0.4) is 0 Å². The van der Waals surface area contributed by atoms with Crippen molar-refractivity contribution in [2.45, 2.75) is 6.92 Å². The molecule has 1 aromatic heterocycles. The van der Waals surface area contributed by atoms with Crippen LogP contribution in [0.1, 0.15) is 27.8 Å². The van der Waals surface area contributed by atoms with Gasteiger partial charge in [-0.3, -0.25) is 4.79 Å². The lowest BCUT2D eigenvalue weighted by Crippen LogP contribution is -2.46. The first-order valence-corrected chi connectivity index (χ1v) is 8.91. The van der Waals surface area contributed by atoms with Crippen molar-refractivity contribution >= 4 is 23.5 Å². The minimum Gasteiger partial charge on any atom is -0.465 e. The zero-order valence-electron chi connectivity index (χ0n) is 15.5. The first-order valence-electron chi connectivity index (χ1n) is 8.91. The second-order valence-corrected chi connectivity index (χ2v) is 6.15. The summed E-state index contributed by atoms with van der Waals surface area (Å²) in [4.78, 5) is 37.6. The standard InChI is InChI=1S/C19H23N5O3/c1-3-23-10-12-24(13-11-23)19-20-9-8-16(22-19)17(25)21-15-7-5-4-6-14(15)18(26)27-2/h4-9H,3,10-13H2,1-2H3,(H,21,25). The fourth-order valence-corrected chi connectivity index (χ4v) is 2.96. The van der Waals surface area contributed by atoms with Crippen molar-refractivity contribution in [2.75, 3.05) is 50.1 Å². The summed E-state index contributed by atoms with van der Waals surface area (Å²) in [5.74, 6) is -0.370. The number of benzene rings is 1. The number of para-hydroxylation sites is 1. The van der Waals surface area contributed by atoms with Gasteiger partial charge in [0.2, 0.25) is 5.95 Å². The predicted molar refractivity (Wildman–Crippen MR) is 102 cm³/mol. The minimum atomic E-state index is -0.511. The molecule has 2 aromatic rings. The Morgan fingerprint density at radius 3 is 2.59 bits per heavy atom. The molecule has 0 bridgehead atoms. The average Bonchev–Trinajstić information content (AvgIpc) is 2.73. The molecule has 0 saturated carbocycles. The topological polar surface area (TPSA) is 87.7 Å². The molecule has 2 heterocycles. The van der Waals surface area contributed by atoms with E-state index in [4.69, 9.17) is 4.74 Å². The minimum absolute atomic E-state index is 0.248. The van der Waals surface area contributed by atoms with Gasteiger partial charge in [-0.05, 0) is 24.7 Å². The number of hydrogen-bond acceptors (Lipinski definition) is 7. The summed E-state index contributed by atoms with van der Waals surface area (Å²) in [5, 5.41) is 2.73. The molecule has 3 rings (SSSR count). The van der Waals surface area contributed by atoms with Crippen LogP contribution in [0.5, 0.6) is 0 Å². The molecule has 1 aromatic carbocycles. The van der Waals surface area contributed by atoms with Crippen LogP contribution in [0.25, 0.3) is 0 Å². The van der Waals surface area contributed by atoms with Gasteiger partial charge in [-0.25, -0.2) is 14.8 Å². The first-order chi connectivity index (χ1) is 13.1.